The van der Waals surface area contributed by atoms with Crippen LogP contribution in [0.4, 0.5) is 0 Å². The summed E-state index contributed by atoms with van der Waals surface area (Å²) in [5.74, 6) is 0.811. The molecule has 2 nitrogen and oxygen atoms in total. The van der Waals surface area contributed by atoms with E-state index in [0.717, 1.165) is 18.8 Å². The molecule has 1 aliphatic rings. The minimum atomic E-state index is -0.467. The zero-order valence-corrected chi connectivity index (χ0v) is 13.9. The highest BCUT2D eigenvalue weighted by Crippen LogP contribution is 2.39. The number of ether oxygens (including phenoxy) is 1. The molecule has 0 aromatic heterocycles. The van der Waals surface area contributed by atoms with Crippen molar-refractivity contribution in [2.75, 3.05) is 7.11 Å². The molecule has 1 saturated carbocycles. The summed E-state index contributed by atoms with van der Waals surface area (Å²) in [6.07, 6.45) is 5.96. The fourth-order valence-corrected chi connectivity index (χ4v) is 3.75. The van der Waals surface area contributed by atoms with Crippen molar-refractivity contribution in [2.45, 2.75) is 43.7 Å². The van der Waals surface area contributed by atoms with E-state index in [0.29, 0.717) is 0 Å². The van der Waals surface area contributed by atoms with Gasteiger partial charge in [-0.25, -0.2) is 0 Å². The van der Waals surface area contributed by atoms with Crippen LogP contribution in [0.15, 0.2) is 60.7 Å². The fraction of sp³-hybridized carbons (Fsp3) is 0.429. The Bertz CT molecular complexity index is 552. The van der Waals surface area contributed by atoms with Crippen molar-refractivity contribution in [3.8, 4) is 0 Å². The van der Waals surface area contributed by atoms with E-state index in [1.165, 1.54) is 30.4 Å². The molecule has 0 radical (unpaired) electrons. The van der Waals surface area contributed by atoms with E-state index in [1.54, 1.807) is 7.11 Å². The van der Waals surface area contributed by atoms with Gasteiger partial charge in [0.1, 0.15) is 5.60 Å². The second kappa shape index (κ2) is 7.29. The third-order valence-electron chi connectivity index (χ3n) is 5.24. The molecule has 122 valence electrons. The molecule has 1 fully saturated rings. The molecule has 0 saturated heterocycles. The van der Waals surface area contributed by atoms with Gasteiger partial charge in [0.05, 0.1) is 0 Å². The Labute approximate surface area is 139 Å². The van der Waals surface area contributed by atoms with Gasteiger partial charge in [-0.05, 0) is 29.9 Å². The summed E-state index contributed by atoms with van der Waals surface area (Å²) in [5.41, 5.74) is 8.43. The van der Waals surface area contributed by atoms with E-state index in [1.807, 2.05) is 12.1 Å². The molecule has 3 rings (SSSR count). The molecule has 1 aliphatic carbocycles. The number of benzene rings is 2. The maximum atomic E-state index is 6.54. The fourth-order valence-electron chi connectivity index (χ4n) is 3.75. The van der Waals surface area contributed by atoms with E-state index in [4.69, 9.17) is 10.5 Å². The highest BCUT2D eigenvalue weighted by molar-refractivity contribution is 5.36. The minimum Gasteiger partial charge on any atom is -0.369 e. The van der Waals surface area contributed by atoms with Gasteiger partial charge in [0, 0.05) is 13.2 Å². The van der Waals surface area contributed by atoms with Crippen molar-refractivity contribution >= 4 is 0 Å². The lowest BCUT2D eigenvalue weighted by atomic mass is 9.76. The SMILES string of the molecule is COC(CC(N)CC1CCC1)(c1ccccc1)c1ccccc1. The van der Waals surface area contributed by atoms with Gasteiger partial charge in [0.2, 0.25) is 0 Å². The maximum absolute atomic E-state index is 6.54. The summed E-state index contributed by atoms with van der Waals surface area (Å²) < 4.78 is 6.13. The maximum Gasteiger partial charge on any atom is 0.119 e. The van der Waals surface area contributed by atoms with Crippen molar-refractivity contribution < 1.29 is 4.74 Å². The zero-order chi connectivity index (χ0) is 16.1. The van der Waals surface area contributed by atoms with Crippen LogP contribution in [0.2, 0.25) is 0 Å². The minimum absolute atomic E-state index is 0.153. The Balaban J connectivity index is 1.91. The zero-order valence-electron chi connectivity index (χ0n) is 13.9. The second-order valence-electron chi connectivity index (χ2n) is 6.76. The number of hydrogen-bond acceptors (Lipinski definition) is 2. The molecule has 2 aromatic rings. The standard InChI is InChI=1S/C21H27NO/c1-23-21(18-11-4-2-5-12-18,19-13-6-3-7-14-19)16-20(22)15-17-9-8-10-17/h2-7,11-14,17,20H,8-10,15-16,22H2,1H3. The average molecular weight is 309 g/mol. The largest absolute Gasteiger partial charge is 0.369 e. The van der Waals surface area contributed by atoms with Crippen LogP contribution in [-0.4, -0.2) is 13.2 Å². The molecule has 0 bridgehead atoms. The molecule has 2 N–H and O–H groups in total. The Morgan fingerprint density at radius 3 is 1.91 bits per heavy atom. The Morgan fingerprint density at radius 1 is 1.00 bits per heavy atom. The molecular weight excluding hydrogens is 282 g/mol. The third kappa shape index (κ3) is 3.49. The van der Waals surface area contributed by atoms with Crippen LogP contribution in [0.1, 0.15) is 43.2 Å². The van der Waals surface area contributed by atoms with E-state index in [2.05, 4.69) is 48.5 Å². The van der Waals surface area contributed by atoms with E-state index in [-0.39, 0.29) is 6.04 Å². The summed E-state index contributed by atoms with van der Waals surface area (Å²) in [5, 5.41) is 0. The molecule has 0 heterocycles. The van der Waals surface area contributed by atoms with Gasteiger partial charge in [0.25, 0.3) is 0 Å². The second-order valence-corrected chi connectivity index (χ2v) is 6.76. The van der Waals surface area contributed by atoms with Crippen molar-refractivity contribution in [2.24, 2.45) is 11.7 Å². The van der Waals surface area contributed by atoms with E-state index >= 15 is 0 Å². The predicted octanol–water partition coefficient (Wildman–Crippen LogP) is 4.48. The lowest BCUT2D eigenvalue weighted by Gasteiger charge is -2.37. The first kappa shape index (κ1) is 16.2. The molecule has 0 aliphatic heterocycles. The van der Waals surface area contributed by atoms with Crippen molar-refractivity contribution in [1.29, 1.82) is 0 Å². The number of hydrogen-bond donors (Lipinski definition) is 1. The summed E-state index contributed by atoms with van der Waals surface area (Å²) in [7, 11) is 1.80. The first-order valence-electron chi connectivity index (χ1n) is 8.66. The molecular formula is C21H27NO. The molecule has 0 spiro atoms. The average Bonchev–Trinajstić information content (AvgIpc) is 2.58. The van der Waals surface area contributed by atoms with Gasteiger partial charge < -0.3 is 10.5 Å². The van der Waals surface area contributed by atoms with Crippen molar-refractivity contribution in [1.82, 2.24) is 0 Å². The number of nitrogens with two attached hydrogens (primary N) is 1. The summed E-state index contributed by atoms with van der Waals surface area (Å²) in [6, 6.07) is 21.1. The van der Waals surface area contributed by atoms with Gasteiger partial charge in [0.15, 0.2) is 0 Å². The van der Waals surface area contributed by atoms with Crippen LogP contribution in [-0.2, 0) is 10.3 Å². The van der Waals surface area contributed by atoms with Crippen LogP contribution < -0.4 is 5.73 Å². The van der Waals surface area contributed by atoms with E-state index in [9.17, 15) is 0 Å². The van der Waals surface area contributed by atoms with Crippen LogP contribution in [0, 0.1) is 5.92 Å². The van der Waals surface area contributed by atoms with Gasteiger partial charge in [-0.3, -0.25) is 0 Å². The number of rotatable bonds is 7. The first-order valence-corrected chi connectivity index (χ1v) is 8.66. The normalized spacial score (nSPS) is 16.8. The molecule has 2 aromatic carbocycles. The van der Waals surface area contributed by atoms with Gasteiger partial charge >= 0.3 is 0 Å². The lowest BCUT2D eigenvalue weighted by Crippen LogP contribution is -2.39. The molecule has 1 atom stereocenters. The summed E-state index contributed by atoms with van der Waals surface area (Å²) >= 11 is 0. The van der Waals surface area contributed by atoms with Crippen molar-refractivity contribution in [3.05, 3.63) is 71.8 Å². The van der Waals surface area contributed by atoms with Crippen LogP contribution >= 0.6 is 0 Å². The summed E-state index contributed by atoms with van der Waals surface area (Å²) in [4.78, 5) is 0. The van der Waals surface area contributed by atoms with Crippen LogP contribution in [0.25, 0.3) is 0 Å². The monoisotopic (exact) mass is 309 g/mol. The Hall–Kier alpha value is -1.64. The lowest BCUT2D eigenvalue weighted by molar-refractivity contribution is 0.00611. The highest BCUT2D eigenvalue weighted by atomic mass is 16.5. The third-order valence-corrected chi connectivity index (χ3v) is 5.24. The first-order chi connectivity index (χ1) is 11.2. The van der Waals surface area contributed by atoms with Crippen LogP contribution in [0.5, 0.6) is 0 Å². The van der Waals surface area contributed by atoms with Gasteiger partial charge in [-0.15, -0.1) is 0 Å². The van der Waals surface area contributed by atoms with Crippen LogP contribution in [0.3, 0.4) is 0 Å². The predicted molar refractivity (Wildman–Crippen MR) is 95.2 cm³/mol. The molecule has 23 heavy (non-hydrogen) atoms. The molecule has 1 unspecified atom stereocenters. The smallest absolute Gasteiger partial charge is 0.119 e. The molecule has 2 heteroatoms. The Kier molecular flexibility index (Phi) is 5.14. The van der Waals surface area contributed by atoms with Gasteiger partial charge in [-0.2, -0.15) is 0 Å². The van der Waals surface area contributed by atoms with E-state index < -0.39 is 5.60 Å². The molecule has 0 amide bonds. The Morgan fingerprint density at radius 2 is 1.52 bits per heavy atom. The topological polar surface area (TPSA) is 35.2 Å². The highest BCUT2D eigenvalue weighted by Gasteiger charge is 2.36. The van der Waals surface area contributed by atoms with Gasteiger partial charge in [-0.1, -0.05) is 79.9 Å². The number of methoxy groups -OCH3 is 1. The van der Waals surface area contributed by atoms with Crippen molar-refractivity contribution in [3.63, 3.8) is 0 Å². The quantitative estimate of drug-likeness (QED) is 0.818. The summed E-state index contributed by atoms with van der Waals surface area (Å²) in [6.45, 7) is 0.